The molecule has 0 aliphatic carbocycles. The molecule has 0 saturated heterocycles. The topological polar surface area (TPSA) is 60.5 Å². The van der Waals surface area contributed by atoms with Crippen LogP contribution in [0, 0.1) is 0 Å². The van der Waals surface area contributed by atoms with E-state index >= 15 is 0 Å². The molecule has 0 aliphatic heterocycles. The molecule has 3 rings (SSSR count). The van der Waals surface area contributed by atoms with E-state index in [0.717, 1.165) is 22.2 Å². The van der Waals surface area contributed by atoms with Crippen molar-refractivity contribution in [3.8, 4) is 11.5 Å². The van der Waals surface area contributed by atoms with E-state index in [9.17, 15) is 4.79 Å². The fraction of sp³-hybridized carbons (Fsp3) is 0.143. The molecule has 132 valence electrons. The van der Waals surface area contributed by atoms with Crippen molar-refractivity contribution in [2.75, 3.05) is 19.0 Å². The maximum Gasteiger partial charge on any atom is 0.248 e. The van der Waals surface area contributed by atoms with Crippen molar-refractivity contribution >= 4 is 28.6 Å². The average Bonchev–Trinajstić information content (AvgIpc) is 2.69. The van der Waals surface area contributed by atoms with Crippen LogP contribution in [-0.2, 0) is 4.79 Å². The molecule has 1 N–H and O–H groups in total. The number of nitrogens with one attached hydrogen (secondary N) is 1. The zero-order chi connectivity index (χ0) is 18.4. The molecule has 3 aromatic rings. The van der Waals surface area contributed by atoms with E-state index in [4.69, 9.17) is 9.47 Å². The zero-order valence-electron chi connectivity index (χ0n) is 14.7. The highest BCUT2D eigenvalue weighted by Crippen LogP contribution is 2.30. The Hall–Kier alpha value is -3.34. The van der Waals surface area contributed by atoms with E-state index in [-0.39, 0.29) is 5.91 Å². The molecular weight excluding hydrogens is 328 g/mol. The van der Waals surface area contributed by atoms with Gasteiger partial charge in [0, 0.05) is 17.7 Å². The van der Waals surface area contributed by atoms with Gasteiger partial charge in [-0.05, 0) is 55.0 Å². The number of nitrogens with zero attached hydrogens (tertiary/aromatic N) is 1. The smallest absolute Gasteiger partial charge is 0.248 e. The Morgan fingerprint density at radius 1 is 1.15 bits per heavy atom. The van der Waals surface area contributed by atoms with Gasteiger partial charge in [0.1, 0.15) is 17.0 Å². The third-order valence-corrected chi connectivity index (χ3v) is 3.83. The number of fused-ring (bicyclic) bond motifs is 1. The third kappa shape index (κ3) is 4.00. The van der Waals surface area contributed by atoms with Crippen LogP contribution in [0.3, 0.4) is 0 Å². The summed E-state index contributed by atoms with van der Waals surface area (Å²) in [5.74, 6) is 1.27. The van der Waals surface area contributed by atoms with Crippen LogP contribution >= 0.6 is 0 Å². The third-order valence-electron chi connectivity index (χ3n) is 3.83. The number of amides is 1. The minimum absolute atomic E-state index is 0.213. The van der Waals surface area contributed by atoms with Crippen molar-refractivity contribution < 1.29 is 14.3 Å². The van der Waals surface area contributed by atoms with E-state index in [1.165, 1.54) is 6.08 Å². The monoisotopic (exact) mass is 348 g/mol. The van der Waals surface area contributed by atoms with Gasteiger partial charge >= 0.3 is 0 Å². The number of benzene rings is 2. The van der Waals surface area contributed by atoms with Gasteiger partial charge in [-0.3, -0.25) is 9.78 Å². The maximum absolute atomic E-state index is 12.3. The van der Waals surface area contributed by atoms with Crippen molar-refractivity contribution in [3.63, 3.8) is 0 Å². The van der Waals surface area contributed by atoms with Gasteiger partial charge < -0.3 is 14.8 Å². The van der Waals surface area contributed by atoms with Crippen molar-refractivity contribution in [1.82, 2.24) is 4.98 Å². The predicted molar refractivity (Wildman–Crippen MR) is 104 cm³/mol. The summed E-state index contributed by atoms with van der Waals surface area (Å²) in [6.07, 6.45) is 4.96. The molecule has 1 aromatic heterocycles. The minimum Gasteiger partial charge on any atom is -0.497 e. The first-order valence-electron chi connectivity index (χ1n) is 8.35. The second-order valence-electron chi connectivity index (χ2n) is 5.54. The van der Waals surface area contributed by atoms with Gasteiger partial charge in [0.15, 0.2) is 0 Å². The second kappa shape index (κ2) is 8.16. The van der Waals surface area contributed by atoms with Crippen LogP contribution in [0.1, 0.15) is 12.5 Å². The highest BCUT2D eigenvalue weighted by Gasteiger charge is 2.09. The quantitative estimate of drug-likeness (QED) is 0.675. The fourth-order valence-corrected chi connectivity index (χ4v) is 2.59. The molecule has 2 aromatic carbocycles. The Morgan fingerprint density at radius 2 is 1.96 bits per heavy atom. The van der Waals surface area contributed by atoms with E-state index in [1.807, 2.05) is 55.5 Å². The molecule has 5 nitrogen and oxygen atoms in total. The largest absolute Gasteiger partial charge is 0.497 e. The Kier molecular flexibility index (Phi) is 5.49. The van der Waals surface area contributed by atoms with Crippen LogP contribution in [0.25, 0.3) is 17.0 Å². The lowest BCUT2D eigenvalue weighted by atomic mass is 10.1. The Balaban J connectivity index is 1.78. The predicted octanol–water partition coefficient (Wildman–Crippen LogP) is 4.29. The van der Waals surface area contributed by atoms with Crippen molar-refractivity contribution in [1.29, 1.82) is 0 Å². The number of hydrogen-bond acceptors (Lipinski definition) is 4. The van der Waals surface area contributed by atoms with Crippen molar-refractivity contribution in [3.05, 3.63) is 66.4 Å². The molecule has 0 aliphatic rings. The Labute approximate surface area is 152 Å². The van der Waals surface area contributed by atoms with Crippen LogP contribution in [0.4, 0.5) is 5.69 Å². The molecule has 26 heavy (non-hydrogen) atoms. The van der Waals surface area contributed by atoms with Crippen LogP contribution in [0.5, 0.6) is 11.5 Å². The minimum atomic E-state index is -0.213. The molecule has 0 saturated carbocycles. The number of ether oxygens (including phenoxy) is 2. The molecule has 0 bridgehead atoms. The Bertz CT molecular complexity index is 934. The number of carbonyl (C=O) groups excluding carboxylic acids is 1. The summed E-state index contributed by atoms with van der Waals surface area (Å²) in [4.78, 5) is 16.7. The average molecular weight is 348 g/mol. The summed E-state index contributed by atoms with van der Waals surface area (Å²) >= 11 is 0. The van der Waals surface area contributed by atoms with E-state index < -0.39 is 0 Å². The van der Waals surface area contributed by atoms with Gasteiger partial charge in [-0.2, -0.15) is 0 Å². The summed E-state index contributed by atoms with van der Waals surface area (Å²) in [6, 6.07) is 14.9. The molecule has 1 heterocycles. The first-order chi connectivity index (χ1) is 12.7. The van der Waals surface area contributed by atoms with Crippen LogP contribution < -0.4 is 14.8 Å². The zero-order valence-corrected chi connectivity index (χ0v) is 14.7. The molecule has 5 heteroatoms. The highest BCUT2D eigenvalue weighted by molar-refractivity contribution is 6.07. The lowest BCUT2D eigenvalue weighted by Gasteiger charge is -2.11. The molecule has 0 unspecified atom stereocenters. The van der Waals surface area contributed by atoms with E-state index in [1.54, 1.807) is 19.4 Å². The van der Waals surface area contributed by atoms with Crippen LogP contribution in [-0.4, -0.2) is 24.6 Å². The fourth-order valence-electron chi connectivity index (χ4n) is 2.59. The van der Waals surface area contributed by atoms with E-state index in [0.29, 0.717) is 18.0 Å². The lowest BCUT2D eigenvalue weighted by molar-refractivity contribution is -0.111. The molecule has 0 fully saturated rings. The number of carbonyl (C=O) groups is 1. The number of hydrogen-bond donors (Lipinski definition) is 1. The molecule has 1 amide bonds. The maximum atomic E-state index is 12.3. The van der Waals surface area contributed by atoms with Crippen LogP contribution in [0.15, 0.2) is 60.8 Å². The molecule has 0 radical (unpaired) electrons. The molecule has 0 spiro atoms. The summed E-state index contributed by atoms with van der Waals surface area (Å²) in [5, 5.41) is 3.74. The number of anilines is 1. The Morgan fingerprint density at radius 3 is 2.69 bits per heavy atom. The van der Waals surface area contributed by atoms with Crippen molar-refractivity contribution in [2.45, 2.75) is 6.92 Å². The normalized spacial score (nSPS) is 10.8. The molecular formula is C21H20N2O3. The van der Waals surface area contributed by atoms with Crippen molar-refractivity contribution in [2.24, 2.45) is 0 Å². The number of aromatic nitrogens is 1. The summed E-state index contributed by atoms with van der Waals surface area (Å²) in [7, 11) is 1.62. The van der Waals surface area contributed by atoms with E-state index in [2.05, 4.69) is 10.3 Å². The second-order valence-corrected chi connectivity index (χ2v) is 5.54. The van der Waals surface area contributed by atoms with Gasteiger partial charge in [-0.15, -0.1) is 0 Å². The molecule has 0 atom stereocenters. The summed E-state index contributed by atoms with van der Waals surface area (Å²) in [5.41, 5.74) is 2.34. The van der Waals surface area contributed by atoms with Crippen LogP contribution in [0.2, 0.25) is 0 Å². The lowest BCUT2D eigenvalue weighted by Crippen LogP contribution is -2.08. The van der Waals surface area contributed by atoms with Gasteiger partial charge in [0.25, 0.3) is 0 Å². The number of rotatable bonds is 6. The first-order valence-corrected chi connectivity index (χ1v) is 8.35. The number of pyridine rings is 1. The van der Waals surface area contributed by atoms with Gasteiger partial charge in [0.05, 0.1) is 19.4 Å². The highest BCUT2D eigenvalue weighted by atomic mass is 16.5. The van der Waals surface area contributed by atoms with Gasteiger partial charge in [-0.1, -0.05) is 12.1 Å². The SMILES string of the molecule is CCOc1ccc(NC(=O)/C=C/c2ccc(OC)cc2)c2cccnc12. The standard InChI is InChI=1S/C21H20N2O3/c1-3-26-19-12-11-18(17-5-4-14-22-21(17)19)23-20(24)13-8-15-6-9-16(25-2)10-7-15/h4-14H,3H2,1-2H3,(H,23,24)/b13-8+. The number of methoxy groups -OCH3 is 1. The van der Waals surface area contributed by atoms with Gasteiger partial charge in [-0.25, -0.2) is 0 Å². The van der Waals surface area contributed by atoms with Gasteiger partial charge in [0.2, 0.25) is 5.91 Å². The summed E-state index contributed by atoms with van der Waals surface area (Å²) < 4.78 is 10.7. The first kappa shape index (κ1) is 17.5. The summed E-state index contributed by atoms with van der Waals surface area (Å²) in [6.45, 7) is 2.48.